The summed E-state index contributed by atoms with van der Waals surface area (Å²) in [5.41, 5.74) is -5.86. The van der Waals surface area contributed by atoms with Gasteiger partial charge in [-0.3, -0.25) is 15.8 Å². The number of hydrogen-bond acceptors (Lipinski definition) is 7. The number of nitrogens with one attached hydrogen (secondary N) is 2. The molecule has 1 atom stereocenters. The van der Waals surface area contributed by atoms with E-state index in [9.17, 15) is 31.6 Å². The number of thioether (sulfide) groups is 1. The van der Waals surface area contributed by atoms with E-state index in [2.05, 4.69) is 10.7 Å². The van der Waals surface area contributed by atoms with Crippen molar-refractivity contribution in [2.45, 2.75) is 36.5 Å². The third kappa shape index (κ3) is 5.41. The third-order valence-electron chi connectivity index (χ3n) is 4.95. The summed E-state index contributed by atoms with van der Waals surface area (Å²) in [5, 5.41) is 12.4. The molecule has 3 rings (SSSR count). The second-order valence-electron chi connectivity index (χ2n) is 6.92. The van der Waals surface area contributed by atoms with Crippen molar-refractivity contribution in [1.82, 2.24) is 10.7 Å². The molecule has 6 nitrogen and oxygen atoms in total. The number of likely N-dealkylation sites (N-methyl/N-ethyl adjacent to an activating group) is 1. The zero-order valence-corrected chi connectivity index (χ0v) is 19.0. The molecular weight excluding hydrogens is 521 g/mol. The first-order valence-electron chi connectivity index (χ1n) is 9.28. The molecule has 1 saturated heterocycles. The average Bonchev–Trinajstić information content (AvgIpc) is 3.31. The standard InChI is InChI=1S/C18H16Cl2F6N4O2S/c1-28-16(3-2-13-31-4-5-32-13)15(33-18(24,25)26)12(8-27)29-30(16)14-10(19)6-9(7-11(14)20)17(21,22)23/h6-7,13,28-29H,2-5H2,1H3. The van der Waals surface area contributed by atoms with Gasteiger partial charge in [0.05, 0.1) is 39.4 Å². The van der Waals surface area contributed by atoms with Gasteiger partial charge < -0.3 is 9.47 Å². The van der Waals surface area contributed by atoms with E-state index in [-0.39, 0.29) is 18.5 Å². The maximum Gasteiger partial charge on any atom is 0.446 e. The molecule has 2 aliphatic rings. The molecule has 0 saturated carbocycles. The number of halogens is 8. The molecule has 2 N–H and O–H groups in total. The van der Waals surface area contributed by atoms with Crippen LogP contribution in [0.4, 0.5) is 32.0 Å². The molecule has 1 aromatic rings. The molecule has 0 spiro atoms. The number of rotatable bonds is 6. The minimum absolute atomic E-state index is 0.0928. The molecule has 0 aliphatic carbocycles. The van der Waals surface area contributed by atoms with E-state index >= 15 is 0 Å². The van der Waals surface area contributed by atoms with Gasteiger partial charge in [-0.15, -0.1) is 0 Å². The number of allylic oxidation sites excluding steroid dienone is 1. The average molecular weight is 537 g/mol. The van der Waals surface area contributed by atoms with E-state index in [1.54, 1.807) is 6.07 Å². The molecule has 1 unspecified atom stereocenters. The highest BCUT2D eigenvalue weighted by atomic mass is 35.5. The van der Waals surface area contributed by atoms with E-state index in [0.29, 0.717) is 25.3 Å². The minimum atomic E-state index is -4.77. The number of hydrazine groups is 1. The Balaban J connectivity index is 2.12. The van der Waals surface area contributed by atoms with Gasteiger partial charge in [-0.2, -0.15) is 31.6 Å². The Morgan fingerprint density at radius 2 is 1.79 bits per heavy atom. The summed E-state index contributed by atoms with van der Waals surface area (Å²) in [7, 11) is 1.34. The van der Waals surface area contributed by atoms with Gasteiger partial charge in [0.15, 0.2) is 6.29 Å². The van der Waals surface area contributed by atoms with Gasteiger partial charge in [-0.25, -0.2) is 0 Å². The van der Waals surface area contributed by atoms with E-state index in [1.165, 1.54) is 7.05 Å². The summed E-state index contributed by atoms with van der Waals surface area (Å²) in [6.45, 7) is 0.610. The fourth-order valence-electron chi connectivity index (χ4n) is 3.56. The summed E-state index contributed by atoms with van der Waals surface area (Å²) in [6.07, 6.45) is -5.48. The van der Waals surface area contributed by atoms with Crippen molar-refractivity contribution in [3.63, 3.8) is 0 Å². The van der Waals surface area contributed by atoms with Crippen LogP contribution in [0.15, 0.2) is 22.7 Å². The molecule has 182 valence electrons. The predicted molar refractivity (Wildman–Crippen MR) is 110 cm³/mol. The maximum absolute atomic E-state index is 13.4. The van der Waals surface area contributed by atoms with Gasteiger partial charge >= 0.3 is 11.7 Å². The van der Waals surface area contributed by atoms with Crippen molar-refractivity contribution in [1.29, 1.82) is 5.26 Å². The SMILES string of the molecule is CNC1(CCC2OCCO2)C(SC(F)(F)F)=C(C#N)NN1c1c(Cl)cc(C(F)(F)F)cc1Cl. The normalized spacial score (nSPS) is 22.1. The zero-order chi connectivity index (χ0) is 24.6. The molecule has 0 amide bonds. The number of nitriles is 1. The van der Waals surface area contributed by atoms with Crippen molar-refractivity contribution >= 4 is 40.7 Å². The first-order chi connectivity index (χ1) is 15.3. The second-order valence-corrected chi connectivity index (χ2v) is 8.81. The molecule has 2 heterocycles. The van der Waals surface area contributed by atoms with Crippen LogP contribution in [0.3, 0.4) is 0 Å². The molecule has 0 radical (unpaired) electrons. The molecular formula is C18H16Cl2F6N4O2S. The van der Waals surface area contributed by atoms with Crippen LogP contribution < -0.4 is 15.8 Å². The number of hydrogen-bond donors (Lipinski definition) is 2. The van der Waals surface area contributed by atoms with Crippen LogP contribution in [-0.2, 0) is 15.7 Å². The molecule has 1 fully saturated rings. The monoisotopic (exact) mass is 536 g/mol. The highest BCUT2D eigenvalue weighted by molar-refractivity contribution is 8.04. The van der Waals surface area contributed by atoms with Gasteiger partial charge in [0.1, 0.15) is 17.4 Å². The number of benzene rings is 1. The first kappa shape index (κ1) is 26.1. The highest BCUT2D eigenvalue weighted by Crippen LogP contribution is 2.51. The van der Waals surface area contributed by atoms with E-state index < -0.39 is 61.6 Å². The highest BCUT2D eigenvalue weighted by Gasteiger charge is 2.52. The third-order valence-corrected chi connectivity index (χ3v) is 6.51. The quantitative estimate of drug-likeness (QED) is 0.472. The van der Waals surface area contributed by atoms with Crippen LogP contribution in [0.5, 0.6) is 0 Å². The van der Waals surface area contributed by atoms with Crippen molar-refractivity contribution in [3.05, 3.63) is 38.3 Å². The summed E-state index contributed by atoms with van der Waals surface area (Å²) in [4.78, 5) is -0.454. The van der Waals surface area contributed by atoms with Crippen LogP contribution >= 0.6 is 35.0 Å². The first-order valence-corrected chi connectivity index (χ1v) is 10.9. The Morgan fingerprint density at radius 1 is 1.21 bits per heavy atom. The smallest absolute Gasteiger partial charge is 0.350 e. The lowest BCUT2D eigenvalue weighted by Gasteiger charge is -2.42. The van der Waals surface area contributed by atoms with Crippen molar-refractivity contribution in [2.24, 2.45) is 0 Å². The fourth-order valence-corrected chi connectivity index (χ4v) is 5.10. The lowest BCUT2D eigenvalue weighted by atomic mass is 10.0. The van der Waals surface area contributed by atoms with Gasteiger partial charge in [0.2, 0.25) is 0 Å². The van der Waals surface area contributed by atoms with Crippen LogP contribution in [0, 0.1) is 11.3 Å². The Kier molecular flexibility index (Phi) is 7.57. The Bertz CT molecular complexity index is 955. The second kappa shape index (κ2) is 9.59. The lowest BCUT2D eigenvalue weighted by molar-refractivity contribution is -0.137. The largest absolute Gasteiger partial charge is 0.446 e. The van der Waals surface area contributed by atoms with E-state index in [0.717, 1.165) is 5.01 Å². The number of ether oxygens (including phenoxy) is 2. The number of nitrogens with zero attached hydrogens (tertiary/aromatic N) is 2. The van der Waals surface area contributed by atoms with E-state index in [4.69, 9.17) is 32.7 Å². The van der Waals surface area contributed by atoms with Crippen LogP contribution in [0.2, 0.25) is 10.0 Å². The molecule has 0 aromatic heterocycles. The van der Waals surface area contributed by atoms with Crippen molar-refractivity contribution in [2.75, 3.05) is 25.3 Å². The van der Waals surface area contributed by atoms with Gasteiger partial charge in [-0.1, -0.05) is 23.2 Å². The molecule has 1 aromatic carbocycles. The van der Waals surface area contributed by atoms with Crippen LogP contribution in [0.1, 0.15) is 18.4 Å². The summed E-state index contributed by atoms with van der Waals surface area (Å²) >= 11 is 11.7. The lowest BCUT2D eigenvalue weighted by Crippen LogP contribution is -2.59. The van der Waals surface area contributed by atoms with Crippen LogP contribution in [-0.4, -0.2) is 37.7 Å². The van der Waals surface area contributed by atoms with Crippen molar-refractivity contribution in [3.8, 4) is 6.07 Å². The van der Waals surface area contributed by atoms with Crippen molar-refractivity contribution < 1.29 is 35.8 Å². The summed E-state index contributed by atoms with van der Waals surface area (Å²) in [6, 6.07) is 2.88. The van der Waals surface area contributed by atoms with Gasteiger partial charge in [-0.05, 0) is 37.4 Å². The fraction of sp³-hybridized carbons (Fsp3) is 0.500. The Hall–Kier alpha value is -1.56. The predicted octanol–water partition coefficient (Wildman–Crippen LogP) is 5.39. The van der Waals surface area contributed by atoms with E-state index in [1.807, 2.05) is 0 Å². The minimum Gasteiger partial charge on any atom is -0.350 e. The number of alkyl halides is 6. The molecule has 2 aliphatic heterocycles. The Labute approximate surface area is 198 Å². The zero-order valence-electron chi connectivity index (χ0n) is 16.7. The summed E-state index contributed by atoms with van der Waals surface area (Å²) in [5.74, 6) is 0. The molecule has 0 bridgehead atoms. The summed E-state index contributed by atoms with van der Waals surface area (Å²) < 4.78 is 90.5. The Morgan fingerprint density at radius 3 is 2.24 bits per heavy atom. The number of anilines is 1. The molecule has 33 heavy (non-hydrogen) atoms. The molecule has 15 heteroatoms. The van der Waals surface area contributed by atoms with Crippen LogP contribution in [0.25, 0.3) is 0 Å². The maximum atomic E-state index is 13.4. The topological polar surface area (TPSA) is 69.5 Å². The van der Waals surface area contributed by atoms with Gasteiger partial charge in [0, 0.05) is 6.42 Å². The van der Waals surface area contributed by atoms with Gasteiger partial charge in [0.25, 0.3) is 0 Å².